The van der Waals surface area contributed by atoms with Crippen molar-refractivity contribution < 1.29 is 18.0 Å². The summed E-state index contributed by atoms with van der Waals surface area (Å²) in [6.07, 6.45) is -3.57. The third-order valence-electron chi connectivity index (χ3n) is 3.57. The van der Waals surface area contributed by atoms with Gasteiger partial charge < -0.3 is 5.32 Å². The maximum Gasteiger partial charge on any atom is 0.416 e. The van der Waals surface area contributed by atoms with Crippen molar-refractivity contribution in [1.29, 1.82) is 5.26 Å². The lowest BCUT2D eigenvalue weighted by atomic mass is 10.2. The summed E-state index contributed by atoms with van der Waals surface area (Å²) in [6, 6.07) is 3.97. The van der Waals surface area contributed by atoms with Gasteiger partial charge in [-0.1, -0.05) is 11.6 Å². The van der Waals surface area contributed by atoms with Gasteiger partial charge in [-0.2, -0.15) is 18.4 Å². The number of nitrogens with zero attached hydrogens (tertiary/aromatic N) is 3. The normalized spacial score (nSPS) is 11.1. The average molecular weight is 401 g/mol. The van der Waals surface area contributed by atoms with Gasteiger partial charge in [-0.25, -0.2) is 9.36 Å². The number of carbonyl (C=O) groups excluding carboxylic acids is 1. The minimum Gasteiger partial charge on any atom is -0.323 e. The topological polar surface area (TPSA) is 96.9 Å². The van der Waals surface area contributed by atoms with Gasteiger partial charge in [0.05, 0.1) is 16.3 Å². The van der Waals surface area contributed by atoms with Crippen molar-refractivity contribution in [2.75, 3.05) is 5.32 Å². The van der Waals surface area contributed by atoms with Crippen molar-refractivity contribution in [3.05, 3.63) is 61.4 Å². The Morgan fingerprint density at radius 3 is 2.56 bits per heavy atom. The van der Waals surface area contributed by atoms with Crippen LogP contribution in [0.15, 0.2) is 34.0 Å². The second-order valence-corrected chi connectivity index (χ2v) is 5.76. The predicted molar refractivity (Wildman–Crippen MR) is 90.4 cm³/mol. The number of nitrogens with one attached hydrogen (secondary N) is 1. The molecular formula is C16H12ClF3N4O3. The van der Waals surface area contributed by atoms with Gasteiger partial charge in [0.15, 0.2) is 0 Å². The van der Waals surface area contributed by atoms with Gasteiger partial charge in [-0.15, -0.1) is 0 Å². The number of benzene rings is 1. The van der Waals surface area contributed by atoms with Gasteiger partial charge in [0.1, 0.15) is 18.2 Å². The number of nitriles is 1. The van der Waals surface area contributed by atoms with Gasteiger partial charge in [-0.3, -0.25) is 14.2 Å². The Labute approximate surface area is 155 Å². The van der Waals surface area contributed by atoms with Gasteiger partial charge >= 0.3 is 11.9 Å². The molecule has 0 aliphatic carbocycles. The number of halogens is 4. The highest BCUT2D eigenvalue weighted by Crippen LogP contribution is 2.33. The second-order valence-electron chi connectivity index (χ2n) is 5.36. The van der Waals surface area contributed by atoms with Crippen molar-refractivity contribution >= 4 is 23.2 Å². The molecule has 0 spiro atoms. The number of hydrogen-bond donors (Lipinski definition) is 1. The van der Waals surface area contributed by atoms with Gasteiger partial charge in [-0.05, 0) is 25.1 Å². The number of anilines is 1. The molecule has 1 heterocycles. The minimum absolute atomic E-state index is 0.148. The van der Waals surface area contributed by atoms with Crippen molar-refractivity contribution in [2.24, 2.45) is 0 Å². The molecule has 0 bridgehead atoms. The van der Waals surface area contributed by atoms with Crippen molar-refractivity contribution in [3.8, 4) is 6.07 Å². The molecule has 7 nitrogen and oxygen atoms in total. The standard InChI is InChI=1S/C16H12ClF3N4O3/c1-2-23-7-9(6-21)14(26)24(15(23)27)8-13(25)22-12-5-10(16(18,19)20)3-4-11(12)17/h3-5,7H,2,8H2,1H3,(H,22,25). The summed E-state index contributed by atoms with van der Waals surface area (Å²) in [5.74, 6) is -0.951. The lowest BCUT2D eigenvalue weighted by Gasteiger charge is -2.13. The SMILES string of the molecule is CCn1cc(C#N)c(=O)n(CC(=O)Nc2cc(C(F)(F)F)ccc2Cl)c1=O. The summed E-state index contributed by atoms with van der Waals surface area (Å²) in [5, 5.41) is 10.9. The zero-order valence-electron chi connectivity index (χ0n) is 13.8. The van der Waals surface area contributed by atoms with E-state index in [1.54, 1.807) is 13.0 Å². The fraction of sp³-hybridized carbons (Fsp3) is 0.250. The molecule has 0 saturated heterocycles. The van der Waals surface area contributed by atoms with E-state index in [-0.39, 0.29) is 22.8 Å². The molecule has 2 rings (SSSR count). The van der Waals surface area contributed by atoms with E-state index in [9.17, 15) is 27.6 Å². The van der Waals surface area contributed by atoms with E-state index < -0.39 is 35.4 Å². The Hall–Kier alpha value is -3.06. The molecule has 1 aromatic carbocycles. The number of amides is 1. The first-order chi connectivity index (χ1) is 12.6. The molecule has 0 aliphatic heterocycles. The molecule has 11 heteroatoms. The summed E-state index contributed by atoms with van der Waals surface area (Å²) in [7, 11) is 0. The summed E-state index contributed by atoms with van der Waals surface area (Å²) >= 11 is 5.79. The first-order valence-electron chi connectivity index (χ1n) is 7.49. The molecule has 0 aliphatic rings. The molecule has 0 atom stereocenters. The lowest BCUT2D eigenvalue weighted by molar-refractivity contribution is -0.137. The van der Waals surface area contributed by atoms with Crippen LogP contribution in [0.5, 0.6) is 0 Å². The van der Waals surface area contributed by atoms with Crippen LogP contribution >= 0.6 is 11.6 Å². The Morgan fingerprint density at radius 2 is 2.00 bits per heavy atom. The molecule has 0 fully saturated rings. The molecule has 0 unspecified atom stereocenters. The summed E-state index contributed by atoms with van der Waals surface area (Å²) in [6.45, 7) is 0.953. The van der Waals surface area contributed by atoms with Crippen LogP contribution in [0.2, 0.25) is 5.02 Å². The fourth-order valence-electron chi connectivity index (χ4n) is 2.23. The van der Waals surface area contributed by atoms with Crippen LogP contribution in [-0.4, -0.2) is 15.0 Å². The monoisotopic (exact) mass is 400 g/mol. The molecule has 1 N–H and O–H groups in total. The number of hydrogen-bond acceptors (Lipinski definition) is 4. The third kappa shape index (κ3) is 4.38. The summed E-state index contributed by atoms with van der Waals surface area (Å²) < 4.78 is 39.9. The van der Waals surface area contributed by atoms with Crippen LogP contribution < -0.4 is 16.6 Å². The summed E-state index contributed by atoms with van der Waals surface area (Å²) in [4.78, 5) is 36.4. The highest BCUT2D eigenvalue weighted by atomic mass is 35.5. The highest BCUT2D eigenvalue weighted by Gasteiger charge is 2.31. The van der Waals surface area contributed by atoms with Crippen LogP contribution in [0.25, 0.3) is 0 Å². The smallest absolute Gasteiger partial charge is 0.323 e. The number of alkyl halides is 3. The van der Waals surface area contributed by atoms with Crippen molar-refractivity contribution in [1.82, 2.24) is 9.13 Å². The first-order valence-corrected chi connectivity index (χ1v) is 7.87. The van der Waals surface area contributed by atoms with E-state index in [2.05, 4.69) is 5.32 Å². The molecule has 0 radical (unpaired) electrons. The highest BCUT2D eigenvalue weighted by molar-refractivity contribution is 6.33. The quantitative estimate of drug-likeness (QED) is 0.850. The predicted octanol–water partition coefficient (Wildman–Crippen LogP) is 2.21. The molecule has 1 aromatic heterocycles. The Kier molecular flexibility index (Phi) is 5.75. The molecule has 27 heavy (non-hydrogen) atoms. The third-order valence-corrected chi connectivity index (χ3v) is 3.90. The maximum absolute atomic E-state index is 12.8. The molecule has 1 amide bonds. The number of aromatic nitrogens is 2. The first kappa shape index (κ1) is 20.3. The maximum atomic E-state index is 12.8. The summed E-state index contributed by atoms with van der Waals surface area (Å²) in [5.41, 5.74) is -3.50. The van der Waals surface area contributed by atoms with Crippen LogP contribution in [0, 0.1) is 11.3 Å². The van der Waals surface area contributed by atoms with Crippen LogP contribution in [-0.2, 0) is 24.1 Å². The molecular weight excluding hydrogens is 389 g/mol. The van der Waals surface area contributed by atoms with Crippen LogP contribution in [0.4, 0.5) is 18.9 Å². The van der Waals surface area contributed by atoms with Crippen molar-refractivity contribution in [2.45, 2.75) is 26.2 Å². The molecule has 2 aromatic rings. The van der Waals surface area contributed by atoms with Crippen LogP contribution in [0.1, 0.15) is 18.1 Å². The van der Waals surface area contributed by atoms with E-state index in [1.165, 1.54) is 0 Å². The lowest BCUT2D eigenvalue weighted by Crippen LogP contribution is -2.43. The average Bonchev–Trinajstić information content (AvgIpc) is 2.60. The zero-order chi connectivity index (χ0) is 20.4. The second kappa shape index (κ2) is 7.67. The fourth-order valence-corrected chi connectivity index (χ4v) is 2.39. The van der Waals surface area contributed by atoms with Gasteiger partial charge in [0.2, 0.25) is 5.91 Å². The van der Waals surface area contributed by atoms with Gasteiger partial charge in [0.25, 0.3) is 5.56 Å². The minimum atomic E-state index is -4.64. The van der Waals surface area contributed by atoms with Crippen LogP contribution in [0.3, 0.4) is 0 Å². The van der Waals surface area contributed by atoms with E-state index in [4.69, 9.17) is 16.9 Å². The Balaban J connectivity index is 2.37. The zero-order valence-corrected chi connectivity index (χ0v) is 14.6. The van der Waals surface area contributed by atoms with E-state index in [0.717, 1.165) is 22.9 Å². The number of carbonyl (C=O) groups is 1. The molecule has 142 valence electrons. The molecule has 0 saturated carbocycles. The van der Waals surface area contributed by atoms with Gasteiger partial charge in [0, 0.05) is 12.7 Å². The van der Waals surface area contributed by atoms with E-state index >= 15 is 0 Å². The van der Waals surface area contributed by atoms with Crippen molar-refractivity contribution in [3.63, 3.8) is 0 Å². The Morgan fingerprint density at radius 1 is 1.33 bits per heavy atom. The van der Waals surface area contributed by atoms with E-state index in [1.807, 2.05) is 0 Å². The largest absolute Gasteiger partial charge is 0.416 e. The van der Waals surface area contributed by atoms with E-state index in [0.29, 0.717) is 10.6 Å². The number of aryl methyl sites for hydroxylation is 1. The number of rotatable bonds is 4. The Bertz CT molecular complexity index is 1050.